The molecule has 0 saturated carbocycles. The van der Waals surface area contributed by atoms with Crippen LogP contribution in [0.25, 0.3) is 0 Å². The predicted octanol–water partition coefficient (Wildman–Crippen LogP) is 2.68. The van der Waals surface area contributed by atoms with Crippen molar-refractivity contribution in [2.45, 2.75) is 6.18 Å². The number of halogens is 4. The number of aldehydes is 1. The van der Waals surface area contributed by atoms with Crippen LogP contribution >= 0.6 is 15.9 Å². The highest BCUT2D eigenvalue weighted by molar-refractivity contribution is 9.10. The summed E-state index contributed by atoms with van der Waals surface area (Å²) < 4.78 is 36.7. The molecule has 1 aromatic rings. The fourth-order valence-corrected chi connectivity index (χ4v) is 1.11. The minimum absolute atomic E-state index is 0.0467. The predicted molar refractivity (Wildman–Crippen MR) is 42.3 cm³/mol. The van der Waals surface area contributed by atoms with Gasteiger partial charge in [0.2, 0.25) is 0 Å². The standard InChI is InChI=1S/C7H3BrF3NO/c8-6-1-5(7(9,10)11)4(3-13)2-12-6/h1-3H. The molecule has 1 aromatic heterocycles. The summed E-state index contributed by atoms with van der Waals surface area (Å²) in [5, 5.41) is 0. The maximum atomic E-state index is 12.2. The van der Waals surface area contributed by atoms with Gasteiger partial charge in [0.15, 0.2) is 6.29 Å². The second-order valence-electron chi connectivity index (χ2n) is 2.21. The van der Waals surface area contributed by atoms with Gasteiger partial charge in [0, 0.05) is 11.8 Å². The zero-order valence-corrected chi connectivity index (χ0v) is 7.69. The van der Waals surface area contributed by atoms with Crippen LogP contribution in [0.4, 0.5) is 13.2 Å². The third kappa shape index (κ3) is 2.27. The van der Waals surface area contributed by atoms with Crippen molar-refractivity contribution >= 4 is 22.2 Å². The minimum atomic E-state index is -4.53. The summed E-state index contributed by atoms with van der Waals surface area (Å²) in [6.45, 7) is 0. The SMILES string of the molecule is O=Cc1cnc(Br)cc1C(F)(F)F. The highest BCUT2D eigenvalue weighted by atomic mass is 79.9. The third-order valence-electron chi connectivity index (χ3n) is 1.33. The van der Waals surface area contributed by atoms with E-state index in [0.717, 1.165) is 12.3 Å². The Kier molecular flexibility index (Phi) is 2.70. The van der Waals surface area contributed by atoms with Crippen molar-refractivity contribution in [3.8, 4) is 0 Å². The molecule has 0 atom stereocenters. The highest BCUT2D eigenvalue weighted by Crippen LogP contribution is 2.32. The van der Waals surface area contributed by atoms with Crippen molar-refractivity contribution < 1.29 is 18.0 Å². The molecule has 0 spiro atoms. The maximum Gasteiger partial charge on any atom is 0.417 e. The Bertz CT molecular complexity index is 337. The van der Waals surface area contributed by atoms with E-state index in [1.165, 1.54) is 0 Å². The van der Waals surface area contributed by atoms with Gasteiger partial charge < -0.3 is 0 Å². The van der Waals surface area contributed by atoms with Gasteiger partial charge in [-0.3, -0.25) is 4.79 Å². The molecular weight excluding hydrogens is 251 g/mol. The number of nitrogens with zero attached hydrogens (tertiary/aromatic N) is 1. The van der Waals surface area contributed by atoms with Crippen LogP contribution in [-0.2, 0) is 6.18 Å². The van der Waals surface area contributed by atoms with Gasteiger partial charge >= 0.3 is 6.18 Å². The first-order chi connectivity index (χ1) is 5.95. The molecule has 13 heavy (non-hydrogen) atoms. The molecule has 0 aliphatic heterocycles. The maximum absolute atomic E-state index is 12.2. The number of pyridine rings is 1. The van der Waals surface area contributed by atoms with Gasteiger partial charge in [-0.1, -0.05) is 0 Å². The molecule has 0 aromatic carbocycles. The topological polar surface area (TPSA) is 30.0 Å². The van der Waals surface area contributed by atoms with Crippen molar-refractivity contribution in [3.63, 3.8) is 0 Å². The Balaban J connectivity index is 3.32. The smallest absolute Gasteiger partial charge is 0.298 e. The Morgan fingerprint density at radius 1 is 1.46 bits per heavy atom. The molecule has 1 heterocycles. The van der Waals surface area contributed by atoms with E-state index in [1.54, 1.807) is 0 Å². The van der Waals surface area contributed by atoms with Crippen LogP contribution in [0, 0.1) is 0 Å². The van der Waals surface area contributed by atoms with Crippen LogP contribution in [0.3, 0.4) is 0 Å². The van der Waals surface area contributed by atoms with Crippen LogP contribution in [0.5, 0.6) is 0 Å². The van der Waals surface area contributed by atoms with Gasteiger partial charge in [-0.25, -0.2) is 4.98 Å². The monoisotopic (exact) mass is 253 g/mol. The third-order valence-corrected chi connectivity index (χ3v) is 1.77. The number of carbonyl (C=O) groups excluding carboxylic acids is 1. The van der Waals surface area contributed by atoms with Crippen LogP contribution in [0.1, 0.15) is 15.9 Å². The van der Waals surface area contributed by atoms with Crippen molar-refractivity contribution in [3.05, 3.63) is 28.0 Å². The Morgan fingerprint density at radius 3 is 2.54 bits per heavy atom. The van der Waals surface area contributed by atoms with E-state index >= 15 is 0 Å². The first-order valence-corrected chi connectivity index (χ1v) is 3.92. The second kappa shape index (κ2) is 3.45. The Morgan fingerprint density at radius 2 is 2.08 bits per heavy atom. The summed E-state index contributed by atoms with van der Waals surface area (Å²) in [5.74, 6) is 0. The van der Waals surface area contributed by atoms with Crippen LogP contribution in [-0.4, -0.2) is 11.3 Å². The molecule has 0 bridgehead atoms. The van der Waals surface area contributed by atoms with Crippen molar-refractivity contribution in [2.75, 3.05) is 0 Å². The number of carbonyl (C=O) groups is 1. The minimum Gasteiger partial charge on any atom is -0.298 e. The number of aromatic nitrogens is 1. The lowest BCUT2D eigenvalue weighted by Crippen LogP contribution is -2.09. The van der Waals surface area contributed by atoms with Gasteiger partial charge in [0.25, 0.3) is 0 Å². The molecule has 70 valence electrons. The second-order valence-corrected chi connectivity index (χ2v) is 3.02. The first-order valence-electron chi connectivity index (χ1n) is 3.13. The van der Waals surface area contributed by atoms with E-state index in [-0.39, 0.29) is 10.9 Å². The van der Waals surface area contributed by atoms with Crippen LogP contribution in [0.15, 0.2) is 16.9 Å². The molecule has 1 rings (SSSR count). The largest absolute Gasteiger partial charge is 0.417 e. The zero-order valence-electron chi connectivity index (χ0n) is 6.10. The fourth-order valence-electron chi connectivity index (χ4n) is 0.780. The molecule has 0 amide bonds. The van der Waals surface area contributed by atoms with Gasteiger partial charge in [-0.2, -0.15) is 13.2 Å². The lowest BCUT2D eigenvalue weighted by atomic mass is 10.1. The molecule has 0 saturated heterocycles. The summed E-state index contributed by atoms with van der Waals surface area (Å²) in [6.07, 6.45) is -3.52. The number of hydrogen-bond donors (Lipinski definition) is 0. The normalized spacial score (nSPS) is 11.4. The van der Waals surface area contributed by atoms with E-state index < -0.39 is 17.3 Å². The van der Waals surface area contributed by atoms with E-state index in [1.807, 2.05) is 0 Å². The molecule has 6 heteroatoms. The molecule has 0 unspecified atom stereocenters. The summed E-state index contributed by atoms with van der Waals surface area (Å²) >= 11 is 2.79. The highest BCUT2D eigenvalue weighted by Gasteiger charge is 2.33. The van der Waals surface area contributed by atoms with Gasteiger partial charge in [-0.05, 0) is 22.0 Å². The fraction of sp³-hybridized carbons (Fsp3) is 0.143. The van der Waals surface area contributed by atoms with E-state index in [9.17, 15) is 18.0 Å². The van der Waals surface area contributed by atoms with Gasteiger partial charge in [-0.15, -0.1) is 0 Å². The van der Waals surface area contributed by atoms with E-state index in [2.05, 4.69) is 20.9 Å². The summed E-state index contributed by atoms with van der Waals surface area (Å²) in [5.41, 5.74) is -1.44. The molecular formula is C7H3BrF3NO. The van der Waals surface area contributed by atoms with Crippen molar-refractivity contribution in [2.24, 2.45) is 0 Å². The molecule has 0 aliphatic carbocycles. The molecule has 0 aliphatic rings. The Hall–Kier alpha value is -0.910. The Labute approximate surface area is 79.9 Å². The van der Waals surface area contributed by atoms with Crippen LogP contribution < -0.4 is 0 Å². The number of alkyl halides is 3. The lowest BCUT2D eigenvalue weighted by Gasteiger charge is -2.08. The van der Waals surface area contributed by atoms with Gasteiger partial charge in [0.05, 0.1) is 5.56 Å². The molecule has 2 nitrogen and oxygen atoms in total. The molecule has 0 N–H and O–H groups in total. The first kappa shape index (κ1) is 10.2. The van der Waals surface area contributed by atoms with Crippen molar-refractivity contribution in [1.82, 2.24) is 4.98 Å². The zero-order chi connectivity index (χ0) is 10.1. The van der Waals surface area contributed by atoms with E-state index in [0.29, 0.717) is 0 Å². The van der Waals surface area contributed by atoms with Gasteiger partial charge in [0.1, 0.15) is 4.60 Å². The molecule has 0 radical (unpaired) electrons. The number of rotatable bonds is 1. The summed E-state index contributed by atoms with van der Waals surface area (Å²) in [6, 6.07) is 0.768. The number of hydrogen-bond acceptors (Lipinski definition) is 2. The van der Waals surface area contributed by atoms with Crippen LogP contribution in [0.2, 0.25) is 0 Å². The summed E-state index contributed by atoms with van der Waals surface area (Å²) in [4.78, 5) is 13.7. The van der Waals surface area contributed by atoms with Crippen molar-refractivity contribution in [1.29, 1.82) is 0 Å². The summed E-state index contributed by atoms with van der Waals surface area (Å²) in [7, 11) is 0. The quantitative estimate of drug-likeness (QED) is 0.569. The average Bonchev–Trinajstić information content (AvgIpc) is 2.03. The lowest BCUT2D eigenvalue weighted by molar-refractivity contribution is -0.137. The van der Waals surface area contributed by atoms with E-state index in [4.69, 9.17) is 0 Å². The molecule has 0 fully saturated rings. The average molecular weight is 254 g/mol.